The van der Waals surface area contributed by atoms with E-state index < -0.39 is 46.3 Å². The minimum atomic E-state index is -1.23. The third-order valence-corrected chi connectivity index (χ3v) is 10.4. The monoisotopic (exact) mass is 539 g/mol. The predicted octanol–water partition coefficient (Wildman–Crippen LogP) is 3.95. The summed E-state index contributed by atoms with van der Waals surface area (Å²) in [5.74, 6) is -1.92. The van der Waals surface area contributed by atoms with E-state index >= 15 is 0 Å². The maximum absolute atomic E-state index is 14.0. The highest BCUT2D eigenvalue weighted by Crippen LogP contribution is 2.69. The van der Waals surface area contributed by atoms with E-state index in [1.165, 1.54) is 13.2 Å². The second-order valence-corrected chi connectivity index (χ2v) is 12.9. The normalized spacial score (nSPS) is 40.9. The minimum absolute atomic E-state index is 0.0320. The Labute approximate surface area is 230 Å². The summed E-state index contributed by atoms with van der Waals surface area (Å²) in [6.45, 7) is 12.2. The Morgan fingerprint density at radius 3 is 2.56 bits per heavy atom. The van der Waals surface area contributed by atoms with E-state index in [-0.39, 0.29) is 36.1 Å². The van der Waals surface area contributed by atoms with Gasteiger partial charge in [-0.15, -0.1) is 0 Å². The van der Waals surface area contributed by atoms with Crippen LogP contribution in [0.2, 0.25) is 0 Å². The number of methoxy groups -OCH3 is 1. The van der Waals surface area contributed by atoms with Crippen molar-refractivity contribution >= 4 is 17.7 Å². The van der Waals surface area contributed by atoms with Crippen LogP contribution in [0.25, 0.3) is 0 Å². The quantitative estimate of drug-likeness (QED) is 0.416. The summed E-state index contributed by atoms with van der Waals surface area (Å²) in [7, 11) is 1.34. The van der Waals surface area contributed by atoms with Gasteiger partial charge in [-0.1, -0.05) is 39.3 Å². The molecule has 0 spiro atoms. The minimum Gasteiger partial charge on any atom is -0.472 e. The fourth-order valence-electron chi connectivity index (χ4n) is 8.58. The van der Waals surface area contributed by atoms with Crippen molar-refractivity contribution in [3.05, 3.63) is 47.5 Å². The van der Waals surface area contributed by atoms with Crippen LogP contribution in [0.4, 0.5) is 0 Å². The lowest BCUT2D eigenvalue weighted by Crippen LogP contribution is -2.70. The van der Waals surface area contributed by atoms with Crippen LogP contribution in [0.3, 0.4) is 0 Å². The Balaban J connectivity index is 1.67. The molecule has 39 heavy (non-hydrogen) atoms. The summed E-state index contributed by atoms with van der Waals surface area (Å²) < 4.78 is 17.2. The first-order valence-electron chi connectivity index (χ1n) is 14.0. The lowest BCUT2D eigenvalue weighted by atomic mass is 9.41. The van der Waals surface area contributed by atoms with Crippen LogP contribution in [0, 0.1) is 34.0 Å². The lowest BCUT2D eigenvalue weighted by Gasteiger charge is -2.62. The average Bonchev–Trinajstić information content (AvgIpc) is 3.59. The molecule has 3 aliphatic carbocycles. The molecule has 1 aliphatic heterocycles. The number of carbonyl (C=O) groups is 3. The molecule has 0 unspecified atom stereocenters. The summed E-state index contributed by atoms with van der Waals surface area (Å²) in [6.07, 6.45) is 5.07. The zero-order chi connectivity index (χ0) is 28.5. The van der Waals surface area contributed by atoms with Gasteiger partial charge in [0.1, 0.15) is 0 Å². The van der Waals surface area contributed by atoms with Gasteiger partial charge in [-0.2, -0.15) is 0 Å². The van der Waals surface area contributed by atoms with Gasteiger partial charge >= 0.3 is 5.97 Å². The maximum Gasteiger partial charge on any atom is 0.305 e. The molecule has 4 aliphatic rings. The Morgan fingerprint density at radius 2 is 1.95 bits per heavy atom. The standard InChI is InChI=1S/C31H41NO7/c1-16(2)14-32-28(36)29(4)10-8-22(33)30(5)21(13-23(34)37-7)31(6)24-17(3)19(18-9-11-38-15-18)12-20(24)39-27(31)25(35)26(29)30/h8-11,15-16,19-21,25-27,35H,12-14H2,1-7H3,(H,32,36)/t19-,20-,21-,25-,26+,27-,29-,30+,31-/m1/s1. The smallest absolute Gasteiger partial charge is 0.305 e. The predicted molar refractivity (Wildman–Crippen MR) is 143 cm³/mol. The number of hydrogen-bond acceptors (Lipinski definition) is 7. The summed E-state index contributed by atoms with van der Waals surface area (Å²) in [6, 6.07) is 1.95. The van der Waals surface area contributed by atoms with E-state index in [9.17, 15) is 19.5 Å². The molecule has 2 fully saturated rings. The molecule has 1 saturated heterocycles. The first kappa shape index (κ1) is 27.8. The van der Waals surface area contributed by atoms with E-state index in [0.717, 1.165) is 16.7 Å². The summed E-state index contributed by atoms with van der Waals surface area (Å²) in [5, 5.41) is 15.2. The van der Waals surface area contributed by atoms with Crippen LogP contribution in [-0.4, -0.2) is 54.7 Å². The zero-order valence-corrected chi connectivity index (χ0v) is 23.9. The van der Waals surface area contributed by atoms with Crippen LogP contribution in [-0.2, 0) is 23.9 Å². The maximum atomic E-state index is 14.0. The lowest BCUT2D eigenvalue weighted by molar-refractivity contribution is -0.211. The van der Waals surface area contributed by atoms with Gasteiger partial charge in [0.05, 0.1) is 49.8 Å². The highest BCUT2D eigenvalue weighted by Gasteiger charge is 2.74. The number of rotatable bonds is 6. The highest BCUT2D eigenvalue weighted by atomic mass is 16.5. The molecular formula is C31H41NO7. The van der Waals surface area contributed by atoms with Gasteiger partial charge < -0.3 is 24.3 Å². The molecular weight excluding hydrogens is 498 g/mol. The summed E-state index contributed by atoms with van der Waals surface area (Å²) in [4.78, 5) is 40.6. The number of esters is 1. The molecule has 2 heterocycles. The van der Waals surface area contributed by atoms with Crippen molar-refractivity contribution in [2.45, 2.75) is 78.6 Å². The zero-order valence-electron chi connectivity index (χ0n) is 23.9. The second kappa shape index (κ2) is 9.44. The number of fused-ring (bicyclic) bond motifs is 4. The van der Waals surface area contributed by atoms with Gasteiger partial charge in [-0.05, 0) is 55.4 Å². The molecule has 0 aromatic carbocycles. The Hall–Kier alpha value is -2.71. The van der Waals surface area contributed by atoms with Crippen molar-refractivity contribution < 1.29 is 33.4 Å². The summed E-state index contributed by atoms with van der Waals surface area (Å²) >= 11 is 0. The van der Waals surface area contributed by atoms with E-state index in [1.54, 1.807) is 25.5 Å². The third kappa shape index (κ3) is 3.81. The van der Waals surface area contributed by atoms with Crippen molar-refractivity contribution in [3.63, 3.8) is 0 Å². The fraction of sp³-hybridized carbons (Fsp3) is 0.645. The summed E-state index contributed by atoms with van der Waals surface area (Å²) in [5.41, 5.74) is -0.0317. The van der Waals surface area contributed by atoms with Crippen molar-refractivity contribution in [1.82, 2.24) is 5.32 Å². The number of amides is 1. The molecule has 212 valence electrons. The van der Waals surface area contributed by atoms with Crippen molar-refractivity contribution in [3.8, 4) is 0 Å². The number of furan rings is 1. The molecule has 1 aromatic rings. The van der Waals surface area contributed by atoms with E-state index in [0.29, 0.717) is 13.0 Å². The number of ether oxygens (including phenoxy) is 2. The second-order valence-electron chi connectivity index (χ2n) is 12.9. The Kier molecular flexibility index (Phi) is 6.74. The number of nitrogens with one attached hydrogen (secondary N) is 1. The van der Waals surface area contributed by atoms with Gasteiger partial charge in [0.2, 0.25) is 5.91 Å². The van der Waals surface area contributed by atoms with Crippen LogP contribution < -0.4 is 5.32 Å². The first-order valence-corrected chi connectivity index (χ1v) is 14.0. The average molecular weight is 540 g/mol. The van der Waals surface area contributed by atoms with Gasteiger partial charge in [0.15, 0.2) is 5.78 Å². The van der Waals surface area contributed by atoms with E-state index in [2.05, 4.69) is 12.2 Å². The number of carbonyl (C=O) groups excluding carboxylic acids is 3. The number of aliphatic hydroxyl groups is 1. The third-order valence-electron chi connectivity index (χ3n) is 10.4. The molecule has 5 rings (SSSR count). The number of ketones is 1. The van der Waals surface area contributed by atoms with Gasteiger partial charge in [-0.3, -0.25) is 14.4 Å². The van der Waals surface area contributed by atoms with Crippen LogP contribution >= 0.6 is 0 Å². The van der Waals surface area contributed by atoms with Gasteiger partial charge in [-0.25, -0.2) is 0 Å². The first-order chi connectivity index (χ1) is 18.3. The Bertz CT molecular complexity index is 1230. The number of hydrogen-bond donors (Lipinski definition) is 2. The number of aliphatic hydroxyl groups excluding tert-OH is 1. The van der Waals surface area contributed by atoms with Gasteiger partial charge in [0, 0.05) is 29.2 Å². The topological polar surface area (TPSA) is 115 Å². The molecule has 1 saturated carbocycles. The highest BCUT2D eigenvalue weighted by molar-refractivity contribution is 6.00. The molecule has 2 N–H and O–H groups in total. The molecule has 0 bridgehead atoms. The molecule has 8 nitrogen and oxygen atoms in total. The van der Waals surface area contributed by atoms with Crippen LogP contribution in [0.1, 0.15) is 65.9 Å². The molecule has 9 atom stereocenters. The largest absolute Gasteiger partial charge is 0.472 e. The van der Waals surface area contributed by atoms with Gasteiger partial charge in [0.25, 0.3) is 0 Å². The molecule has 1 amide bonds. The molecule has 0 radical (unpaired) electrons. The van der Waals surface area contributed by atoms with E-state index in [4.69, 9.17) is 13.9 Å². The number of allylic oxidation sites excluding steroid dienone is 2. The van der Waals surface area contributed by atoms with Crippen LogP contribution in [0.15, 0.2) is 46.3 Å². The van der Waals surface area contributed by atoms with Crippen molar-refractivity contribution in [1.29, 1.82) is 0 Å². The fourth-order valence-corrected chi connectivity index (χ4v) is 8.58. The van der Waals surface area contributed by atoms with Crippen LogP contribution in [0.5, 0.6) is 0 Å². The Morgan fingerprint density at radius 1 is 1.23 bits per heavy atom. The SMILES string of the molecule is COC(=O)C[C@H]1[C@]2(C)C3=C(C)[C@H](c4ccoc4)C[C@H]3O[C@@H]2[C@H](O)[C@@H]2[C@]1(C)C(=O)C=C[C@@]2(C)C(=O)NCC(C)C. The molecule has 1 aromatic heterocycles. The van der Waals surface area contributed by atoms with E-state index in [1.807, 2.05) is 33.8 Å². The van der Waals surface area contributed by atoms with Crippen molar-refractivity contribution in [2.24, 2.45) is 34.0 Å². The molecule has 8 heteroatoms. The van der Waals surface area contributed by atoms with Crippen molar-refractivity contribution in [2.75, 3.05) is 13.7 Å².